The smallest absolute Gasteiger partial charge is 0.230 e. The van der Waals surface area contributed by atoms with Gasteiger partial charge in [0.25, 0.3) is 0 Å². The Labute approximate surface area is 135 Å². The van der Waals surface area contributed by atoms with Gasteiger partial charge in [-0.2, -0.15) is 0 Å². The van der Waals surface area contributed by atoms with E-state index in [4.69, 9.17) is 0 Å². The number of nitrogens with one attached hydrogen (secondary N) is 1. The van der Waals surface area contributed by atoms with Crippen molar-refractivity contribution < 1.29 is 9.59 Å². The van der Waals surface area contributed by atoms with E-state index in [9.17, 15) is 9.59 Å². The zero-order chi connectivity index (χ0) is 16.3. The Morgan fingerprint density at radius 1 is 1.36 bits per heavy atom. The van der Waals surface area contributed by atoms with Crippen molar-refractivity contribution in [2.24, 2.45) is 0 Å². The van der Waals surface area contributed by atoms with Crippen LogP contribution in [0.2, 0.25) is 0 Å². The van der Waals surface area contributed by atoms with Crippen LogP contribution in [0.1, 0.15) is 67.8 Å². The summed E-state index contributed by atoms with van der Waals surface area (Å²) in [6.45, 7) is 7.37. The zero-order valence-corrected chi connectivity index (χ0v) is 14.4. The Bertz CT molecular complexity index is 585. The molecule has 1 fully saturated rings. The third-order valence-electron chi connectivity index (χ3n) is 3.73. The van der Waals surface area contributed by atoms with Crippen molar-refractivity contribution in [2.75, 3.05) is 5.75 Å². The summed E-state index contributed by atoms with van der Waals surface area (Å²) < 4.78 is 0. The SMILES string of the molecule is CC[C@@H](C)NC(=O)CSc1nc(C2CC2)nc(C)c1C(C)=O. The van der Waals surface area contributed by atoms with Crippen molar-refractivity contribution in [2.45, 2.75) is 63.9 Å². The van der Waals surface area contributed by atoms with E-state index in [-0.39, 0.29) is 23.5 Å². The summed E-state index contributed by atoms with van der Waals surface area (Å²) in [6.07, 6.45) is 3.11. The molecular formula is C16H23N3O2S. The second-order valence-corrected chi connectivity index (χ2v) is 6.81. The first-order chi connectivity index (χ1) is 10.4. The number of rotatable bonds is 7. The molecule has 2 rings (SSSR count). The predicted molar refractivity (Wildman–Crippen MR) is 87.4 cm³/mol. The fraction of sp³-hybridized carbons (Fsp3) is 0.625. The second kappa shape index (κ2) is 7.22. The highest BCUT2D eigenvalue weighted by atomic mass is 32.2. The zero-order valence-electron chi connectivity index (χ0n) is 13.6. The fourth-order valence-electron chi connectivity index (χ4n) is 2.15. The lowest BCUT2D eigenvalue weighted by molar-refractivity contribution is -0.119. The highest BCUT2D eigenvalue weighted by Crippen LogP contribution is 2.39. The molecule has 1 amide bonds. The molecule has 1 atom stereocenters. The Hall–Kier alpha value is -1.43. The average Bonchev–Trinajstić information content (AvgIpc) is 3.28. The van der Waals surface area contributed by atoms with Crippen LogP contribution in [0, 0.1) is 6.92 Å². The second-order valence-electron chi connectivity index (χ2n) is 5.84. The van der Waals surface area contributed by atoms with Gasteiger partial charge in [0.1, 0.15) is 10.9 Å². The summed E-state index contributed by atoms with van der Waals surface area (Å²) in [6, 6.07) is 0.162. The van der Waals surface area contributed by atoms with Crippen LogP contribution in [-0.4, -0.2) is 33.5 Å². The minimum Gasteiger partial charge on any atom is -0.353 e. The van der Waals surface area contributed by atoms with Crippen molar-refractivity contribution in [3.8, 4) is 0 Å². The van der Waals surface area contributed by atoms with Crippen LogP contribution in [0.25, 0.3) is 0 Å². The van der Waals surface area contributed by atoms with E-state index >= 15 is 0 Å². The highest BCUT2D eigenvalue weighted by molar-refractivity contribution is 8.00. The predicted octanol–water partition coefficient (Wildman–Crippen LogP) is 2.87. The van der Waals surface area contributed by atoms with Gasteiger partial charge in [0.05, 0.1) is 17.0 Å². The standard InChI is InChI=1S/C16H23N3O2S/c1-5-9(2)17-13(21)8-22-16-14(11(4)20)10(3)18-15(19-16)12-6-7-12/h9,12H,5-8H2,1-4H3,(H,17,21)/t9-/m1/s1. The van der Waals surface area contributed by atoms with E-state index in [0.29, 0.717) is 22.2 Å². The lowest BCUT2D eigenvalue weighted by Gasteiger charge is -2.13. The van der Waals surface area contributed by atoms with Crippen LogP contribution >= 0.6 is 11.8 Å². The summed E-state index contributed by atoms with van der Waals surface area (Å²) in [5.74, 6) is 1.42. The molecule has 1 heterocycles. The number of carbonyl (C=O) groups is 2. The number of aromatic nitrogens is 2. The number of carbonyl (C=O) groups excluding carboxylic acids is 2. The van der Waals surface area contributed by atoms with Gasteiger partial charge in [-0.1, -0.05) is 18.7 Å². The van der Waals surface area contributed by atoms with E-state index in [1.165, 1.54) is 18.7 Å². The molecule has 1 aliphatic carbocycles. The molecule has 0 unspecified atom stereocenters. The molecule has 22 heavy (non-hydrogen) atoms. The molecule has 1 N–H and O–H groups in total. The van der Waals surface area contributed by atoms with Gasteiger partial charge in [0, 0.05) is 12.0 Å². The first kappa shape index (κ1) is 16.9. The van der Waals surface area contributed by atoms with Crippen LogP contribution < -0.4 is 5.32 Å². The Balaban J connectivity index is 2.14. The number of thioether (sulfide) groups is 1. The molecule has 0 spiro atoms. The van der Waals surface area contributed by atoms with Crippen LogP contribution in [0.3, 0.4) is 0 Å². The van der Waals surface area contributed by atoms with Crippen LogP contribution in [-0.2, 0) is 4.79 Å². The molecule has 1 aromatic heterocycles. The monoisotopic (exact) mass is 321 g/mol. The van der Waals surface area contributed by atoms with Crippen molar-refractivity contribution in [3.05, 3.63) is 17.1 Å². The van der Waals surface area contributed by atoms with E-state index < -0.39 is 0 Å². The van der Waals surface area contributed by atoms with Crippen molar-refractivity contribution in [1.29, 1.82) is 0 Å². The number of hydrogen-bond acceptors (Lipinski definition) is 5. The first-order valence-corrected chi connectivity index (χ1v) is 8.72. The summed E-state index contributed by atoms with van der Waals surface area (Å²) in [5, 5.41) is 3.56. The number of ketones is 1. The molecule has 0 radical (unpaired) electrons. The lowest BCUT2D eigenvalue weighted by Crippen LogP contribution is -2.33. The van der Waals surface area contributed by atoms with E-state index in [1.54, 1.807) is 0 Å². The molecule has 1 aromatic rings. The maximum Gasteiger partial charge on any atom is 0.230 e. The molecule has 1 aliphatic rings. The molecule has 5 nitrogen and oxygen atoms in total. The number of Topliss-reactive ketones (excluding diaryl/α,β-unsaturated/α-hetero) is 1. The molecule has 0 aromatic carbocycles. The maximum atomic E-state index is 11.9. The van der Waals surface area contributed by atoms with E-state index in [2.05, 4.69) is 15.3 Å². The van der Waals surface area contributed by atoms with Crippen LogP contribution in [0.5, 0.6) is 0 Å². The average molecular weight is 321 g/mol. The van der Waals surface area contributed by atoms with E-state index in [0.717, 1.165) is 25.1 Å². The molecular weight excluding hydrogens is 298 g/mol. The van der Waals surface area contributed by atoms with Crippen molar-refractivity contribution >= 4 is 23.5 Å². The van der Waals surface area contributed by atoms with Gasteiger partial charge in [-0.05, 0) is 40.0 Å². The topological polar surface area (TPSA) is 72.0 Å². The third-order valence-corrected chi connectivity index (χ3v) is 4.70. The minimum absolute atomic E-state index is 0.0295. The highest BCUT2D eigenvalue weighted by Gasteiger charge is 2.29. The van der Waals surface area contributed by atoms with Gasteiger partial charge < -0.3 is 5.32 Å². The normalized spacial score (nSPS) is 15.5. The quantitative estimate of drug-likeness (QED) is 0.475. The van der Waals surface area contributed by atoms with Gasteiger partial charge in [-0.15, -0.1) is 0 Å². The summed E-state index contributed by atoms with van der Waals surface area (Å²) >= 11 is 1.33. The van der Waals surface area contributed by atoms with Crippen LogP contribution in [0.4, 0.5) is 0 Å². The molecule has 0 aliphatic heterocycles. The minimum atomic E-state index is -0.0512. The fourth-order valence-corrected chi connectivity index (χ4v) is 3.10. The number of aryl methyl sites for hydroxylation is 1. The molecule has 1 saturated carbocycles. The Morgan fingerprint density at radius 2 is 2.05 bits per heavy atom. The Morgan fingerprint density at radius 3 is 2.59 bits per heavy atom. The van der Waals surface area contributed by atoms with Gasteiger partial charge in [0.2, 0.25) is 5.91 Å². The third kappa shape index (κ3) is 4.29. The largest absolute Gasteiger partial charge is 0.353 e. The molecule has 0 bridgehead atoms. The molecule has 6 heteroatoms. The van der Waals surface area contributed by atoms with E-state index in [1.807, 2.05) is 20.8 Å². The van der Waals surface area contributed by atoms with Gasteiger partial charge in [-0.3, -0.25) is 9.59 Å². The summed E-state index contributed by atoms with van der Waals surface area (Å²) in [7, 11) is 0. The number of nitrogens with zero attached hydrogens (tertiary/aromatic N) is 2. The Kier molecular flexibility index (Phi) is 5.56. The maximum absolute atomic E-state index is 11.9. The van der Waals surface area contributed by atoms with Gasteiger partial charge >= 0.3 is 0 Å². The van der Waals surface area contributed by atoms with Gasteiger partial charge in [0.15, 0.2) is 5.78 Å². The van der Waals surface area contributed by atoms with Crippen LogP contribution in [0.15, 0.2) is 5.03 Å². The molecule has 120 valence electrons. The number of amides is 1. The van der Waals surface area contributed by atoms with Crippen molar-refractivity contribution in [1.82, 2.24) is 15.3 Å². The van der Waals surface area contributed by atoms with Gasteiger partial charge in [-0.25, -0.2) is 9.97 Å². The number of hydrogen-bond donors (Lipinski definition) is 1. The molecule has 0 saturated heterocycles. The first-order valence-electron chi connectivity index (χ1n) is 7.74. The lowest BCUT2D eigenvalue weighted by atomic mass is 10.2. The summed E-state index contributed by atoms with van der Waals surface area (Å²) in [4.78, 5) is 32.8. The summed E-state index contributed by atoms with van der Waals surface area (Å²) in [5.41, 5.74) is 1.26. The van der Waals surface area contributed by atoms with Crippen molar-refractivity contribution in [3.63, 3.8) is 0 Å².